The molecule has 0 saturated carbocycles. The maximum absolute atomic E-state index is 5.41. The van der Waals surface area contributed by atoms with E-state index >= 15 is 0 Å². The predicted molar refractivity (Wildman–Crippen MR) is 71.9 cm³/mol. The molecule has 0 radical (unpaired) electrons. The second kappa shape index (κ2) is 4.94. The minimum absolute atomic E-state index is 0.139. The summed E-state index contributed by atoms with van der Waals surface area (Å²) in [5.74, 6) is 0.708. The van der Waals surface area contributed by atoms with Gasteiger partial charge < -0.3 is 14.3 Å². The third kappa shape index (κ3) is 2.99. The lowest BCUT2D eigenvalue weighted by atomic mass is 9.92. The third-order valence-corrected chi connectivity index (χ3v) is 3.76. The normalized spacial score (nSPS) is 21.0. The zero-order valence-electron chi connectivity index (χ0n) is 11.0. The molecule has 1 aromatic rings. The quantitative estimate of drug-likeness (QED) is 0.839. The van der Waals surface area contributed by atoms with Crippen LogP contribution >= 0.6 is 12.2 Å². The van der Waals surface area contributed by atoms with Crippen LogP contribution in [0.25, 0.3) is 0 Å². The Labute approximate surface area is 108 Å². The van der Waals surface area contributed by atoms with Crippen LogP contribution in [0.4, 0.5) is 0 Å². The second-order valence-electron chi connectivity index (χ2n) is 5.90. The Kier molecular flexibility index (Phi) is 3.73. The lowest BCUT2D eigenvalue weighted by Crippen LogP contribution is -2.19. The molecule has 1 fully saturated rings. The van der Waals surface area contributed by atoms with Gasteiger partial charge in [0.2, 0.25) is 0 Å². The fourth-order valence-electron chi connectivity index (χ4n) is 2.36. The van der Waals surface area contributed by atoms with Gasteiger partial charge >= 0.3 is 0 Å². The summed E-state index contributed by atoms with van der Waals surface area (Å²) in [5.41, 5.74) is 1.43. The Morgan fingerprint density at radius 1 is 1.53 bits per heavy atom. The Balaban J connectivity index is 2.09. The van der Waals surface area contributed by atoms with Crippen molar-refractivity contribution in [2.24, 2.45) is 5.92 Å². The molecule has 0 aliphatic carbocycles. The fourth-order valence-corrected chi connectivity index (χ4v) is 2.61. The van der Waals surface area contributed by atoms with Crippen LogP contribution in [0.5, 0.6) is 0 Å². The first kappa shape index (κ1) is 12.8. The summed E-state index contributed by atoms with van der Waals surface area (Å²) in [5, 5.41) is 0. The van der Waals surface area contributed by atoms with E-state index in [1.54, 1.807) is 0 Å². The second-order valence-corrected chi connectivity index (χ2v) is 6.29. The van der Waals surface area contributed by atoms with Gasteiger partial charge in [0, 0.05) is 37.1 Å². The van der Waals surface area contributed by atoms with Gasteiger partial charge in [0.05, 0.1) is 0 Å². The highest BCUT2D eigenvalue weighted by Crippen LogP contribution is 2.24. The van der Waals surface area contributed by atoms with Gasteiger partial charge in [-0.05, 0) is 31.0 Å². The number of hydrogen-bond donors (Lipinski definition) is 1. The number of nitrogens with zero attached hydrogens (tertiary/aromatic N) is 1. The SMILES string of the molecule is CC(C)(C)c1c[nH]c(=S)n1CCC1CCOC1. The lowest BCUT2D eigenvalue weighted by molar-refractivity contribution is 0.183. The Hall–Kier alpha value is -0.610. The number of rotatable bonds is 3. The van der Waals surface area contributed by atoms with E-state index in [1.807, 2.05) is 6.20 Å². The van der Waals surface area contributed by atoms with E-state index in [0.29, 0.717) is 5.92 Å². The molecule has 3 nitrogen and oxygen atoms in total. The molecular formula is C13H22N2OS. The molecule has 1 saturated heterocycles. The van der Waals surface area contributed by atoms with Crippen molar-refractivity contribution in [3.63, 3.8) is 0 Å². The van der Waals surface area contributed by atoms with Crippen LogP contribution in [-0.4, -0.2) is 22.8 Å². The fraction of sp³-hybridized carbons (Fsp3) is 0.769. The summed E-state index contributed by atoms with van der Waals surface area (Å²) in [6, 6.07) is 0. The van der Waals surface area contributed by atoms with Crippen LogP contribution in [0.1, 0.15) is 39.3 Å². The van der Waals surface area contributed by atoms with E-state index in [4.69, 9.17) is 17.0 Å². The van der Waals surface area contributed by atoms with Crippen molar-refractivity contribution >= 4 is 12.2 Å². The zero-order chi connectivity index (χ0) is 12.5. The molecule has 1 aliphatic heterocycles. The van der Waals surface area contributed by atoms with Crippen LogP contribution in [0.3, 0.4) is 0 Å². The molecule has 1 unspecified atom stereocenters. The largest absolute Gasteiger partial charge is 0.381 e. The minimum atomic E-state index is 0.139. The molecule has 1 aliphatic rings. The Morgan fingerprint density at radius 2 is 2.29 bits per heavy atom. The highest BCUT2D eigenvalue weighted by atomic mass is 32.1. The van der Waals surface area contributed by atoms with E-state index < -0.39 is 0 Å². The first-order chi connectivity index (χ1) is 7.98. The number of nitrogens with one attached hydrogen (secondary N) is 1. The summed E-state index contributed by atoms with van der Waals surface area (Å²) in [6.45, 7) is 9.52. The molecule has 0 bridgehead atoms. The summed E-state index contributed by atoms with van der Waals surface area (Å²) < 4.78 is 8.50. The van der Waals surface area contributed by atoms with Crippen molar-refractivity contribution in [3.8, 4) is 0 Å². The molecule has 0 spiro atoms. The molecule has 2 rings (SSSR count). The number of H-pyrrole nitrogens is 1. The molecule has 1 aromatic heterocycles. The van der Waals surface area contributed by atoms with Gasteiger partial charge in [0.15, 0.2) is 4.77 Å². The van der Waals surface area contributed by atoms with Gasteiger partial charge in [-0.25, -0.2) is 0 Å². The van der Waals surface area contributed by atoms with E-state index in [1.165, 1.54) is 12.1 Å². The molecule has 1 atom stereocenters. The van der Waals surface area contributed by atoms with Crippen molar-refractivity contribution in [2.45, 2.75) is 45.6 Å². The molecule has 4 heteroatoms. The summed E-state index contributed by atoms with van der Waals surface area (Å²) in [7, 11) is 0. The molecule has 17 heavy (non-hydrogen) atoms. The van der Waals surface area contributed by atoms with Crippen molar-refractivity contribution in [3.05, 3.63) is 16.7 Å². The van der Waals surface area contributed by atoms with Crippen LogP contribution in [0.15, 0.2) is 6.20 Å². The lowest BCUT2D eigenvalue weighted by Gasteiger charge is -2.21. The van der Waals surface area contributed by atoms with Crippen molar-refractivity contribution in [1.82, 2.24) is 9.55 Å². The van der Waals surface area contributed by atoms with Gasteiger partial charge in [0.25, 0.3) is 0 Å². The predicted octanol–water partition coefficient (Wildman–Crippen LogP) is 3.27. The van der Waals surface area contributed by atoms with Crippen molar-refractivity contribution in [2.75, 3.05) is 13.2 Å². The molecular weight excluding hydrogens is 232 g/mol. The van der Waals surface area contributed by atoms with Gasteiger partial charge in [-0.2, -0.15) is 0 Å². The number of aromatic nitrogens is 2. The molecule has 0 aromatic carbocycles. The molecule has 0 amide bonds. The van der Waals surface area contributed by atoms with E-state index in [-0.39, 0.29) is 5.41 Å². The summed E-state index contributed by atoms with van der Waals surface area (Å²) in [4.78, 5) is 3.17. The van der Waals surface area contributed by atoms with E-state index in [2.05, 4.69) is 30.3 Å². The molecule has 2 heterocycles. The topological polar surface area (TPSA) is 29.9 Å². The standard InChI is InChI=1S/C13H22N2OS/c1-13(2,3)11-8-14-12(17)15(11)6-4-10-5-7-16-9-10/h8,10H,4-7,9H2,1-3H3,(H,14,17). The zero-order valence-corrected chi connectivity index (χ0v) is 11.8. The first-order valence-electron chi connectivity index (χ1n) is 6.35. The average molecular weight is 254 g/mol. The highest BCUT2D eigenvalue weighted by molar-refractivity contribution is 7.71. The number of ether oxygens (including phenoxy) is 1. The number of hydrogen-bond acceptors (Lipinski definition) is 2. The number of aromatic amines is 1. The molecule has 1 N–H and O–H groups in total. The van der Waals surface area contributed by atoms with E-state index in [0.717, 1.165) is 31.0 Å². The van der Waals surface area contributed by atoms with Crippen LogP contribution in [-0.2, 0) is 16.7 Å². The van der Waals surface area contributed by atoms with Gasteiger partial charge in [-0.15, -0.1) is 0 Å². The first-order valence-corrected chi connectivity index (χ1v) is 6.76. The molecule has 96 valence electrons. The third-order valence-electron chi connectivity index (χ3n) is 3.42. The highest BCUT2D eigenvalue weighted by Gasteiger charge is 2.21. The van der Waals surface area contributed by atoms with Gasteiger partial charge in [-0.1, -0.05) is 20.8 Å². The van der Waals surface area contributed by atoms with Crippen LogP contribution < -0.4 is 0 Å². The summed E-state index contributed by atoms with van der Waals surface area (Å²) in [6.07, 6.45) is 4.41. The van der Waals surface area contributed by atoms with Crippen LogP contribution in [0, 0.1) is 10.7 Å². The smallest absolute Gasteiger partial charge is 0.177 e. The minimum Gasteiger partial charge on any atom is -0.381 e. The average Bonchev–Trinajstić information content (AvgIpc) is 2.83. The maximum atomic E-state index is 5.41. The van der Waals surface area contributed by atoms with Crippen molar-refractivity contribution in [1.29, 1.82) is 0 Å². The van der Waals surface area contributed by atoms with Crippen LogP contribution in [0.2, 0.25) is 0 Å². The Morgan fingerprint density at radius 3 is 2.88 bits per heavy atom. The van der Waals surface area contributed by atoms with Gasteiger partial charge in [0.1, 0.15) is 0 Å². The van der Waals surface area contributed by atoms with Gasteiger partial charge in [-0.3, -0.25) is 0 Å². The van der Waals surface area contributed by atoms with E-state index in [9.17, 15) is 0 Å². The number of imidazole rings is 1. The van der Waals surface area contributed by atoms with Crippen molar-refractivity contribution < 1.29 is 4.74 Å². The summed E-state index contributed by atoms with van der Waals surface area (Å²) >= 11 is 5.36. The Bertz CT molecular complexity index is 421. The maximum Gasteiger partial charge on any atom is 0.177 e. The monoisotopic (exact) mass is 254 g/mol.